The maximum Gasteiger partial charge on any atom is 0.228 e. The number of hydrogen-bond acceptors (Lipinski definition) is 7. The van der Waals surface area contributed by atoms with Crippen molar-refractivity contribution < 1.29 is 13.9 Å². The average molecular weight is 461 g/mol. The second-order valence-corrected chi connectivity index (χ2v) is 9.02. The number of hydrogen-bond donors (Lipinski definition) is 2. The summed E-state index contributed by atoms with van der Waals surface area (Å²) in [6.07, 6.45) is 0. The van der Waals surface area contributed by atoms with Crippen LogP contribution in [0.3, 0.4) is 0 Å². The number of rotatable bonds is 4. The van der Waals surface area contributed by atoms with E-state index in [1.807, 2.05) is 23.9 Å². The number of halogens is 3. The van der Waals surface area contributed by atoms with Crippen molar-refractivity contribution >= 4 is 34.3 Å². The van der Waals surface area contributed by atoms with Gasteiger partial charge in [0, 0.05) is 49.2 Å². The highest BCUT2D eigenvalue weighted by Gasteiger charge is 2.34. The number of anilines is 2. The number of phenols is 1. The minimum atomic E-state index is -0.799. The Morgan fingerprint density at radius 1 is 1.09 bits per heavy atom. The molecule has 0 saturated carbocycles. The lowest BCUT2D eigenvalue weighted by atomic mass is 10.00. The number of benzene rings is 2. The molecule has 0 bridgehead atoms. The number of fused-ring (bicyclic) bond motifs is 1. The molecule has 168 valence electrons. The summed E-state index contributed by atoms with van der Waals surface area (Å²) in [7, 11) is 4.01. The Balaban J connectivity index is 1.70. The van der Waals surface area contributed by atoms with Crippen molar-refractivity contribution in [3.05, 3.63) is 40.9 Å². The molecule has 0 amide bonds. The lowest BCUT2D eigenvalue weighted by Gasteiger charge is -2.43. The van der Waals surface area contributed by atoms with Crippen molar-refractivity contribution in [1.82, 2.24) is 14.9 Å². The second-order valence-electron chi connectivity index (χ2n) is 8.61. The van der Waals surface area contributed by atoms with E-state index in [2.05, 4.69) is 9.88 Å². The molecular weight excluding hydrogens is 438 g/mol. The molecular formula is C22H23ClF2N6O. The summed E-state index contributed by atoms with van der Waals surface area (Å²) in [5, 5.41) is 10.6. The first-order valence-electron chi connectivity index (χ1n) is 10.3. The van der Waals surface area contributed by atoms with Gasteiger partial charge in [-0.2, -0.15) is 4.98 Å². The quantitative estimate of drug-likeness (QED) is 0.619. The van der Waals surface area contributed by atoms with Gasteiger partial charge in [-0.15, -0.1) is 0 Å². The van der Waals surface area contributed by atoms with Crippen LogP contribution in [0.2, 0.25) is 5.02 Å². The predicted octanol–water partition coefficient (Wildman–Crippen LogP) is 2.83. The van der Waals surface area contributed by atoms with Crippen molar-refractivity contribution in [2.75, 3.05) is 50.1 Å². The maximum absolute atomic E-state index is 15.9. The number of phenolic OH excluding ortho intramolecular Hbond substituents is 1. The first kappa shape index (κ1) is 21.1. The van der Waals surface area contributed by atoms with Crippen molar-refractivity contribution in [1.29, 1.82) is 0 Å². The van der Waals surface area contributed by atoms with Crippen molar-refractivity contribution in [3.8, 4) is 16.9 Å². The topological polar surface area (TPSA) is 81.8 Å². The van der Waals surface area contributed by atoms with Gasteiger partial charge in [0.2, 0.25) is 5.95 Å². The highest BCUT2D eigenvalue weighted by molar-refractivity contribution is 6.34. The lowest BCUT2D eigenvalue weighted by molar-refractivity contribution is 0.245. The van der Waals surface area contributed by atoms with Gasteiger partial charge >= 0.3 is 0 Å². The summed E-state index contributed by atoms with van der Waals surface area (Å²) in [5.41, 5.74) is 5.48. The maximum atomic E-state index is 15.9. The van der Waals surface area contributed by atoms with E-state index >= 15 is 4.39 Å². The predicted molar refractivity (Wildman–Crippen MR) is 121 cm³/mol. The summed E-state index contributed by atoms with van der Waals surface area (Å²) < 4.78 is 30.4. The van der Waals surface area contributed by atoms with Gasteiger partial charge in [-0.25, -0.2) is 13.8 Å². The molecule has 10 heteroatoms. The molecule has 2 aliphatic heterocycles. The zero-order chi connectivity index (χ0) is 22.7. The fourth-order valence-electron chi connectivity index (χ4n) is 4.17. The van der Waals surface area contributed by atoms with Gasteiger partial charge in [0.05, 0.1) is 10.6 Å². The molecule has 7 nitrogen and oxygen atoms in total. The monoisotopic (exact) mass is 460 g/mol. The Bertz CT molecular complexity index is 1190. The van der Waals surface area contributed by atoms with E-state index < -0.39 is 17.4 Å². The van der Waals surface area contributed by atoms with E-state index in [-0.39, 0.29) is 27.7 Å². The zero-order valence-electron chi connectivity index (χ0n) is 17.7. The molecule has 0 unspecified atom stereocenters. The molecule has 2 saturated heterocycles. The number of nitrogens with two attached hydrogens (primary N) is 1. The standard InChI is InChI=1S/C22H23ClF2N6O/c1-29(2)12-9-31(10-12)22-27-20-13(21(28-22)30-7-11(26)8-30)6-14(23)17(19(20)25)18-15(24)4-3-5-16(18)32/h3-6,11-12,32H,7-10,26H2,1-2H3. The van der Waals surface area contributed by atoms with E-state index in [0.717, 1.165) is 6.07 Å². The molecule has 3 heterocycles. The van der Waals surface area contributed by atoms with Crippen LogP contribution >= 0.6 is 11.6 Å². The molecule has 0 atom stereocenters. The Morgan fingerprint density at radius 3 is 2.44 bits per heavy atom. The molecule has 0 aliphatic carbocycles. The smallest absolute Gasteiger partial charge is 0.228 e. The Hall–Kier alpha value is -2.75. The van der Waals surface area contributed by atoms with Crippen LogP contribution in [0.15, 0.2) is 24.3 Å². The van der Waals surface area contributed by atoms with E-state index in [9.17, 15) is 9.50 Å². The van der Waals surface area contributed by atoms with Gasteiger partial charge in [-0.3, -0.25) is 0 Å². The third kappa shape index (κ3) is 3.32. The van der Waals surface area contributed by atoms with Crippen molar-refractivity contribution in [2.24, 2.45) is 5.73 Å². The molecule has 1 aromatic heterocycles. The summed E-state index contributed by atoms with van der Waals surface area (Å²) in [6, 6.07) is 5.68. The summed E-state index contributed by atoms with van der Waals surface area (Å²) >= 11 is 6.42. The van der Waals surface area contributed by atoms with Crippen LogP contribution in [0.25, 0.3) is 22.0 Å². The molecule has 3 N–H and O–H groups in total. The normalized spacial score (nSPS) is 17.2. The molecule has 2 aromatic carbocycles. The fourth-order valence-corrected chi connectivity index (χ4v) is 4.46. The lowest BCUT2D eigenvalue weighted by Crippen LogP contribution is -2.58. The summed E-state index contributed by atoms with van der Waals surface area (Å²) in [4.78, 5) is 15.3. The molecule has 3 aromatic rings. The second kappa shape index (κ2) is 7.68. The van der Waals surface area contributed by atoms with Crippen LogP contribution in [0, 0.1) is 11.6 Å². The van der Waals surface area contributed by atoms with Gasteiger partial charge in [0.25, 0.3) is 0 Å². The van der Waals surface area contributed by atoms with Crippen molar-refractivity contribution in [2.45, 2.75) is 12.1 Å². The number of likely N-dealkylation sites (N-methyl/N-ethyl adjacent to an activating group) is 1. The molecule has 32 heavy (non-hydrogen) atoms. The molecule has 5 rings (SSSR count). The van der Waals surface area contributed by atoms with E-state index in [0.29, 0.717) is 49.4 Å². The molecule has 2 aliphatic rings. The number of nitrogens with zero attached hydrogens (tertiary/aromatic N) is 5. The van der Waals surface area contributed by atoms with E-state index in [1.165, 1.54) is 18.2 Å². The first-order valence-corrected chi connectivity index (χ1v) is 10.7. The van der Waals surface area contributed by atoms with Crippen LogP contribution in [-0.2, 0) is 0 Å². The van der Waals surface area contributed by atoms with Gasteiger partial charge in [0.15, 0.2) is 5.82 Å². The number of aromatic hydroxyl groups is 1. The first-order chi connectivity index (χ1) is 15.2. The number of aromatic nitrogens is 2. The average Bonchev–Trinajstić information content (AvgIpc) is 2.66. The van der Waals surface area contributed by atoms with Gasteiger partial charge in [-0.05, 0) is 32.3 Å². The highest BCUT2D eigenvalue weighted by Crippen LogP contribution is 2.43. The van der Waals surface area contributed by atoms with Gasteiger partial charge in [-0.1, -0.05) is 17.7 Å². The van der Waals surface area contributed by atoms with Crippen LogP contribution in [0.1, 0.15) is 0 Å². The van der Waals surface area contributed by atoms with Gasteiger partial charge in [0.1, 0.15) is 22.9 Å². The third-order valence-electron chi connectivity index (χ3n) is 6.18. The van der Waals surface area contributed by atoms with Crippen molar-refractivity contribution in [3.63, 3.8) is 0 Å². The van der Waals surface area contributed by atoms with E-state index in [4.69, 9.17) is 22.3 Å². The minimum Gasteiger partial charge on any atom is -0.507 e. The Labute approximate surface area is 189 Å². The Morgan fingerprint density at radius 2 is 1.81 bits per heavy atom. The fraction of sp³-hybridized carbons (Fsp3) is 0.364. The molecule has 2 fully saturated rings. The van der Waals surface area contributed by atoms with Crippen LogP contribution in [0.4, 0.5) is 20.5 Å². The molecule has 0 radical (unpaired) electrons. The zero-order valence-corrected chi connectivity index (χ0v) is 18.4. The Kier molecular flexibility index (Phi) is 5.07. The molecule has 0 spiro atoms. The summed E-state index contributed by atoms with van der Waals surface area (Å²) in [6.45, 7) is 2.60. The van der Waals surface area contributed by atoms with Gasteiger partial charge < -0.3 is 25.5 Å². The third-order valence-corrected chi connectivity index (χ3v) is 6.48. The van der Waals surface area contributed by atoms with E-state index in [1.54, 1.807) is 0 Å². The largest absolute Gasteiger partial charge is 0.507 e. The van der Waals surface area contributed by atoms with Crippen LogP contribution in [-0.4, -0.2) is 72.3 Å². The minimum absolute atomic E-state index is 0.0144. The highest BCUT2D eigenvalue weighted by atomic mass is 35.5. The van der Waals surface area contributed by atoms with Crippen LogP contribution < -0.4 is 15.5 Å². The SMILES string of the molecule is CN(C)C1CN(c2nc(N3CC(N)C3)c3cc(Cl)c(-c4c(O)cccc4F)c(F)c3n2)C1. The summed E-state index contributed by atoms with van der Waals surface area (Å²) in [5.74, 6) is -1.02. The van der Waals surface area contributed by atoms with Crippen LogP contribution in [0.5, 0.6) is 5.75 Å².